The first-order valence-corrected chi connectivity index (χ1v) is 5.02. The van der Waals surface area contributed by atoms with Crippen molar-refractivity contribution in [2.75, 3.05) is 6.54 Å². The number of carbonyl (C=O) groups is 2. The Bertz CT molecular complexity index is 406. The zero-order chi connectivity index (χ0) is 11.4. The van der Waals surface area contributed by atoms with E-state index in [1.807, 2.05) is 0 Å². The van der Waals surface area contributed by atoms with Crippen molar-refractivity contribution in [2.24, 2.45) is 0 Å². The van der Waals surface area contributed by atoms with Crippen molar-refractivity contribution < 1.29 is 14.0 Å². The number of rotatable bonds is 3. The van der Waals surface area contributed by atoms with Gasteiger partial charge >= 0.3 is 0 Å². The van der Waals surface area contributed by atoms with Crippen molar-refractivity contribution in [1.29, 1.82) is 0 Å². The molecule has 3 nitrogen and oxygen atoms in total. The first kappa shape index (κ1) is 11.8. The second-order valence-electron chi connectivity index (χ2n) is 3.01. The van der Waals surface area contributed by atoms with Crippen LogP contribution in [0.15, 0.2) is 22.7 Å². The van der Waals surface area contributed by atoms with Gasteiger partial charge in [0.25, 0.3) is 5.91 Å². The molecule has 0 fully saturated rings. The Labute approximate surface area is 94.8 Å². The van der Waals surface area contributed by atoms with E-state index < -0.39 is 11.7 Å². The van der Waals surface area contributed by atoms with Gasteiger partial charge in [0.15, 0.2) is 0 Å². The van der Waals surface area contributed by atoms with Gasteiger partial charge < -0.3 is 5.32 Å². The molecule has 0 aromatic heterocycles. The molecule has 0 bridgehead atoms. The Morgan fingerprint density at radius 1 is 1.47 bits per heavy atom. The first-order chi connectivity index (χ1) is 7.00. The maximum atomic E-state index is 12.8. The normalized spacial score (nSPS) is 9.80. The van der Waals surface area contributed by atoms with Gasteiger partial charge in [-0.3, -0.25) is 9.59 Å². The van der Waals surface area contributed by atoms with Crippen LogP contribution in [0, 0.1) is 5.82 Å². The lowest BCUT2D eigenvalue weighted by molar-refractivity contribution is -0.116. The van der Waals surface area contributed by atoms with Gasteiger partial charge in [0.1, 0.15) is 11.6 Å². The van der Waals surface area contributed by atoms with Crippen LogP contribution in [-0.2, 0) is 4.79 Å². The second-order valence-corrected chi connectivity index (χ2v) is 3.87. The first-order valence-electron chi connectivity index (χ1n) is 4.23. The zero-order valence-corrected chi connectivity index (χ0v) is 9.60. The van der Waals surface area contributed by atoms with Gasteiger partial charge in [-0.2, -0.15) is 0 Å². The maximum absolute atomic E-state index is 12.8. The molecular weight excluding hydrogens is 265 g/mol. The van der Waals surface area contributed by atoms with Crippen molar-refractivity contribution in [3.05, 3.63) is 34.1 Å². The van der Waals surface area contributed by atoms with E-state index in [1.54, 1.807) is 0 Å². The molecule has 80 valence electrons. The summed E-state index contributed by atoms with van der Waals surface area (Å²) in [6.07, 6.45) is 0. The number of benzene rings is 1. The Kier molecular flexibility index (Phi) is 3.96. The molecular formula is C10H9BrFNO2. The molecule has 15 heavy (non-hydrogen) atoms. The van der Waals surface area contributed by atoms with Crippen LogP contribution >= 0.6 is 15.9 Å². The summed E-state index contributed by atoms with van der Waals surface area (Å²) in [5.74, 6) is -0.964. The highest BCUT2D eigenvalue weighted by molar-refractivity contribution is 9.10. The Morgan fingerprint density at radius 3 is 2.67 bits per heavy atom. The summed E-state index contributed by atoms with van der Waals surface area (Å²) in [6.45, 7) is 1.36. The molecule has 0 saturated heterocycles. The smallest absolute Gasteiger partial charge is 0.251 e. The molecule has 0 aliphatic carbocycles. The Morgan fingerprint density at radius 2 is 2.13 bits per heavy atom. The lowest BCUT2D eigenvalue weighted by Gasteiger charge is -2.03. The number of ketones is 1. The zero-order valence-electron chi connectivity index (χ0n) is 8.01. The molecule has 1 aromatic rings. The average molecular weight is 274 g/mol. The van der Waals surface area contributed by atoms with Gasteiger partial charge in [-0.1, -0.05) is 0 Å². The van der Waals surface area contributed by atoms with E-state index >= 15 is 0 Å². The van der Waals surface area contributed by atoms with E-state index in [2.05, 4.69) is 21.2 Å². The number of carbonyl (C=O) groups excluding carboxylic acids is 2. The number of nitrogens with one attached hydrogen (secondary N) is 1. The number of halogens is 2. The third-order valence-corrected chi connectivity index (χ3v) is 2.29. The lowest BCUT2D eigenvalue weighted by Crippen LogP contribution is -2.28. The quantitative estimate of drug-likeness (QED) is 0.915. The topological polar surface area (TPSA) is 46.2 Å². The fourth-order valence-electron chi connectivity index (χ4n) is 0.944. The molecule has 0 aliphatic heterocycles. The summed E-state index contributed by atoms with van der Waals surface area (Å²) in [6, 6.07) is 3.91. The number of hydrogen-bond donors (Lipinski definition) is 1. The van der Waals surface area contributed by atoms with Crippen molar-refractivity contribution in [3.8, 4) is 0 Å². The maximum Gasteiger partial charge on any atom is 0.251 e. The molecule has 0 saturated carbocycles. The number of Topliss-reactive ketones (excluding diaryl/α,β-unsaturated/α-hetero) is 1. The molecule has 1 amide bonds. The van der Waals surface area contributed by atoms with Crippen LogP contribution in [-0.4, -0.2) is 18.2 Å². The molecule has 1 rings (SSSR count). The fraction of sp³-hybridized carbons (Fsp3) is 0.200. The van der Waals surface area contributed by atoms with Crippen LogP contribution < -0.4 is 5.32 Å². The van der Waals surface area contributed by atoms with E-state index in [4.69, 9.17) is 0 Å². The van der Waals surface area contributed by atoms with Gasteiger partial charge in [-0.05, 0) is 41.1 Å². The molecule has 5 heteroatoms. The lowest BCUT2D eigenvalue weighted by atomic mass is 10.2. The van der Waals surface area contributed by atoms with Gasteiger partial charge in [-0.25, -0.2) is 4.39 Å². The second kappa shape index (κ2) is 5.02. The molecule has 0 heterocycles. The minimum atomic E-state index is -0.432. The molecule has 0 spiro atoms. The summed E-state index contributed by atoms with van der Waals surface area (Å²) in [5, 5.41) is 2.41. The third-order valence-electron chi connectivity index (χ3n) is 1.68. The van der Waals surface area contributed by atoms with Gasteiger partial charge in [0, 0.05) is 5.56 Å². The number of amides is 1. The molecule has 1 N–H and O–H groups in total. The van der Waals surface area contributed by atoms with Crippen molar-refractivity contribution in [2.45, 2.75) is 6.92 Å². The summed E-state index contributed by atoms with van der Waals surface area (Å²) < 4.78 is 13.1. The third kappa shape index (κ3) is 3.43. The largest absolute Gasteiger partial charge is 0.345 e. The van der Waals surface area contributed by atoms with E-state index in [1.165, 1.54) is 25.1 Å². The molecule has 0 aliphatic rings. The van der Waals surface area contributed by atoms with Crippen molar-refractivity contribution >= 4 is 27.6 Å². The van der Waals surface area contributed by atoms with E-state index in [9.17, 15) is 14.0 Å². The minimum Gasteiger partial charge on any atom is -0.345 e. The molecule has 0 unspecified atom stereocenters. The van der Waals surface area contributed by atoms with Crippen LogP contribution in [0.3, 0.4) is 0 Å². The van der Waals surface area contributed by atoms with Crippen molar-refractivity contribution in [1.82, 2.24) is 5.32 Å². The number of hydrogen-bond acceptors (Lipinski definition) is 2. The summed E-state index contributed by atoms with van der Waals surface area (Å²) >= 11 is 2.97. The standard InChI is InChI=1S/C10H9BrFNO2/c1-6(14)5-13-10(15)7-2-3-9(12)8(11)4-7/h2-4H,5H2,1H3,(H,13,15). The summed E-state index contributed by atoms with van der Waals surface area (Å²) in [5.41, 5.74) is 0.310. The van der Waals surface area contributed by atoms with E-state index in [-0.39, 0.29) is 16.8 Å². The molecule has 0 radical (unpaired) electrons. The highest BCUT2D eigenvalue weighted by Gasteiger charge is 2.08. The predicted octanol–water partition coefficient (Wildman–Crippen LogP) is 1.91. The SMILES string of the molecule is CC(=O)CNC(=O)c1ccc(F)c(Br)c1. The minimum absolute atomic E-state index is 0.0200. The highest BCUT2D eigenvalue weighted by atomic mass is 79.9. The van der Waals surface area contributed by atoms with E-state index in [0.717, 1.165) is 0 Å². The van der Waals surface area contributed by atoms with Crippen LogP contribution in [0.25, 0.3) is 0 Å². The highest BCUT2D eigenvalue weighted by Crippen LogP contribution is 2.16. The van der Waals surface area contributed by atoms with Crippen LogP contribution in [0.2, 0.25) is 0 Å². The van der Waals surface area contributed by atoms with Crippen molar-refractivity contribution in [3.63, 3.8) is 0 Å². The average Bonchev–Trinajstić information content (AvgIpc) is 2.18. The van der Waals surface area contributed by atoms with Gasteiger partial charge in [0.2, 0.25) is 0 Å². The predicted molar refractivity (Wildman–Crippen MR) is 57.1 cm³/mol. The fourth-order valence-corrected chi connectivity index (χ4v) is 1.32. The monoisotopic (exact) mass is 273 g/mol. The summed E-state index contributed by atoms with van der Waals surface area (Å²) in [7, 11) is 0. The van der Waals surface area contributed by atoms with Crippen LogP contribution in [0.4, 0.5) is 4.39 Å². The summed E-state index contributed by atoms with van der Waals surface area (Å²) in [4.78, 5) is 22.0. The van der Waals surface area contributed by atoms with Crippen LogP contribution in [0.1, 0.15) is 17.3 Å². The Hall–Kier alpha value is -1.23. The van der Waals surface area contributed by atoms with Gasteiger partial charge in [-0.15, -0.1) is 0 Å². The Balaban J connectivity index is 2.74. The van der Waals surface area contributed by atoms with Crippen LogP contribution in [0.5, 0.6) is 0 Å². The molecule has 1 aromatic carbocycles. The van der Waals surface area contributed by atoms with E-state index in [0.29, 0.717) is 5.56 Å². The molecule has 0 atom stereocenters. The van der Waals surface area contributed by atoms with Gasteiger partial charge in [0.05, 0.1) is 11.0 Å².